The number of benzene rings is 1. The first kappa shape index (κ1) is 24.4. The van der Waals surface area contributed by atoms with Crippen molar-refractivity contribution in [3.05, 3.63) is 46.1 Å². The molecular formula is C20H23BrN2O8. The van der Waals surface area contributed by atoms with Crippen molar-refractivity contribution in [1.29, 1.82) is 0 Å². The van der Waals surface area contributed by atoms with Crippen LogP contribution in [0, 0.1) is 0 Å². The Morgan fingerprint density at radius 2 is 1.87 bits per heavy atom. The molecule has 2 amide bonds. The van der Waals surface area contributed by atoms with Gasteiger partial charge in [0.2, 0.25) is 5.91 Å². The number of nitrogens with one attached hydrogen (secondary N) is 1. The number of amides is 2. The van der Waals surface area contributed by atoms with Gasteiger partial charge < -0.3 is 24.6 Å². The van der Waals surface area contributed by atoms with E-state index in [0.717, 1.165) is 19.6 Å². The van der Waals surface area contributed by atoms with Crippen LogP contribution in [0.15, 0.2) is 40.5 Å². The quantitative estimate of drug-likeness (QED) is 0.236. The van der Waals surface area contributed by atoms with Crippen molar-refractivity contribution >= 4 is 39.9 Å². The molecule has 0 radical (unpaired) electrons. The van der Waals surface area contributed by atoms with Crippen LogP contribution in [0.2, 0.25) is 0 Å². The van der Waals surface area contributed by atoms with E-state index in [0.29, 0.717) is 0 Å². The molecule has 10 nitrogen and oxygen atoms in total. The molecule has 1 aliphatic rings. The number of esters is 2. The third-order valence-corrected chi connectivity index (χ3v) is 5.11. The first-order valence-electron chi connectivity index (χ1n) is 9.23. The summed E-state index contributed by atoms with van der Waals surface area (Å²) in [5, 5.41) is 13.0. The minimum absolute atomic E-state index is 0.0605. The summed E-state index contributed by atoms with van der Waals surface area (Å²) in [6.07, 6.45) is -3.43. The molecule has 0 aliphatic carbocycles. The number of aliphatic hydroxyl groups excluding tert-OH is 1. The van der Waals surface area contributed by atoms with Gasteiger partial charge in [-0.1, -0.05) is 30.3 Å². The first-order valence-corrected chi connectivity index (χ1v) is 10.0. The van der Waals surface area contributed by atoms with Crippen molar-refractivity contribution < 1.29 is 38.5 Å². The van der Waals surface area contributed by atoms with Crippen LogP contribution in [0.3, 0.4) is 0 Å². The van der Waals surface area contributed by atoms with Crippen LogP contribution in [-0.4, -0.2) is 65.8 Å². The molecule has 168 valence electrons. The predicted molar refractivity (Wildman–Crippen MR) is 110 cm³/mol. The molecule has 1 heterocycles. The monoisotopic (exact) mass is 498 g/mol. The highest BCUT2D eigenvalue weighted by Gasteiger charge is 2.49. The fourth-order valence-electron chi connectivity index (χ4n) is 2.74. The molecule has 1 fully saturated rings. The van der Waals surface area contributed by atoms with Crippen LogP contribution in [0.25, 0.3) is 0 Å². The molecule has 0 bridgehead atoms. The van der Waals surface area contributed by atoms with Gasteiger partial charge in [0.05, 0.1) is 17.6 Å². The van der Waals surface area contributed by atoms with Crippen LogP contribution < -0.4 is 5.32 Å². The number of nitrogens with zero attached hydrogens (tertiary/aromatic N) is 1. The number of rotatable bonds is 8. The summed E-state index contributed by atoms with van der Waals surface area (Å²) in [6, 6.07) is 8.35. The van der Waals surface area contributed by atoms with Crippen molar-refractivity contribution in [2.24, 2.45) is 0 Å². The van der Waals surface area contributed by atoms with Gasteiger partial charge in [-0.15, -0.1) is 0 Å². The van der Waals surface area contributed by atoms with E-state index in [1.807, 2.05) is 18.2 Å². The predicted octanol–water partition coefficient (Wildman–Crippen LogP) is 1.22. The second kappa shape index (κ2) is 10.9. The molecule has 1 saturated heterocycles. The van der Waals surface area contributed by atoms with Crippen molar-refractivity contribution in [2.75, 3.05) is 13.7 Å². The first-order chi connectivity index (χ1) is 14.6. The molecular weight excluding hydrogens is 476 g/mol. The summed E-state index contributed by atoms with van der Waals surface area (Å²) in [4.78, 5) is 48.6. The molecule has 0 spiro atoms. The number of methoxy groups -OCH3 is 1. The molecule has 0 saturated carbocycles. The van der Waals surface area contributed by atoms with Crippen molar-refractivity contribution in [3.63, 3.8) is 0 Å². The number of carbonyl (C=O) groups is 4. The fourth-order valence-corrected chi connectivity index (χ4v) is 3.36. The number of hydrogen-bond donors (Lipinski definition) is 2. The van der Waals surface area contributed by atoms with Gasteiger partial charge in [-0.25, -0.2) is 9.59 Å². The zero-order valence-electron chi connectivity index (χ0n) is 17.2. The summed E-state index contributed by atoms with van der Waals surface area (Å²) < 4.78 is 14.9. The lowest BCUT2D eigenvalue weighted by Crippen LogP contribution is -2.40. The maximum atomic E-state index is 12.3. The normalized spacial score (nSPS) is 17.6. The Kier molecular flexibility index (Phi) is 8.57. The molecule has 1 aliphatic heterocycles. The highest BCUT2D eigenvalue weighted by Crippen LogP contribution is 2.31. The summed E-state index contributed by atoms with van der Waals surface area (Å²) >= 11 is 3.12. The minimum Gasteiger partial charge on any atom is -0.464 e. The van der Waals surface area contributed by atoms with E-state index in [1.54, 1.807) is 12.1 Å². The summed E-state index contributed by atoms with van der Waals surface area (Å²) in [5.41, 5.74) is 0.468. The lowest BCUT2D eigenvalue weighted by atomic mass is 10.1. The van der Waals surface area contributed by atoms with E-state index in [-0.39, 0.29) is 23.3 Å². The van der Waals surface area contributed by atoms with E-state index >= 15 is 0 Å². The Morgan fingerprint density at radius 3 is 2.42 bits per heavy atom. The summed E-state index contributed by atoms with van der Waals surface area (Å²) in [6.45, 7) is 2.51. The second-order valence-corrected chi connectivity index (χ2v) is 7.53. The number of halogens is 1. The van der Waals surface area contributed by atoms with E-state index in [2.05, 4.69) is 26.0 Å². The molecule has 0 aromatic heterocycles. The van der Waals surface area contributed by atoms with E-state index < -0.39 is 42.2 Å². The third kappa shape index (κ3) is 6.79. The Hall–Kier alpha value is -2.92. The largest absolute Gasteiger partial charge is 0.464 e. The Labute approximate surface area is 187 Å². The topological polar surface area (TPSA) is 131 Å². The van der Waals surface area contributed by atoms with Crippen molar-refractivity contribution in [2.45, 2.75) is 38.7 Å². The van der Waals surface area contributed by atoms with Crippen molar-refractivity contribution in [3.8, 4) is 0 Å². The van der Waals surface area contributed by atoms with Crippen LogP contribution in [0.5, 0.6) is 0 Å². The molecule has 2 rings (SSSR count). The van der Waals surface area contributed by atoms with Gasteiger partial charge in [0.15, 0.2) is 6.10 Å². The Morgan fingerprint density at radius 1 is 1.23 bits per heavy atom. The van der Waals surface area contributed by atoms with E-state index in [1.165, 1.54) is 11.8 Å². The van der Waals surface area contributed by atoms with Gasteiger partial charge in [0.25, 0.3) is 0 Å². The summed E-state index contributed by atoms with van der Waals surface area (Å²) in [7, 11) is 1.10. The number of carbonyl (C=O) groups excluding carboxylic acids is 4. The minimum atomic E-state index is -1.41. The Balaban J connectivity index is 2.14. The van der Waals surface area contributed by atoms with Crippen LogP contribution in [-0.2, 0) is 35.2 Å². The molecule has 31 heavy (non-hydrogen) atoms. The van der Waals surface area contributed by atoms with E-state index in [9.17, 15) is 24.3 Å². The van der Waals surface area contributed by atoms with Gasteiger partial charge in [-0.2, -0.15) is 0 Å². The van der Waals surface area contributed by atoms with E-state index in [4.69, 9.17) is 9.47 Å². The highest BCUT2D eigenvalue weighted by molar-refractivity contribution is 9.11. The lowest BCUT2D eigenvalue weighted by Gasteiger charge is -2.24. The lowest BCUT2D eigenvalue weighted by molar-refractivity contribution is -0.149. The number of ether oxygens (including phenoxy) is 3. The number of hydrogen-bond acceptors (Lipinski definition) is 8. The summed E-state index contributed by atoms with van der Waals surface area (Å²) in [5.74, 6) is -2.24. The maximum absolute atomic E-state index is 12.3. The number of aliphatic hydroxyl groups is 1. The average Bonchev–Trinajstić information content (AvgIpc) is 3.54. The average molecular weight is 499 g/mol. The third-order valence-electron chi connectivity index (χ3n) is 4.27. The molecule has 1 aromatic rings. The smallest absolute Gasteiger partial charge is 0.410 e. The molecule has 11 heteroatoms. The molecule has 2 N–H and O–H groups in total. The van der Waals surface area contributed by atoms with Gasteiger partial charge in [-0.3, -0.25) is 14.5 Å². The molecule has 0 unspecified atom stereocenters. The van der Waals surface area contributed by atoms with Crippen molar-refractivity contribution in [1.82, 2.24) is 10.2 Å². The van der Waals surface area contributed by atoms with Crippen LogP contribution in [0.4, 0.5) is 4.79 Å². The molecule has 1 aromatic carbocycles. The zero-order chi connectivity index (χ0) is 23.1. The molecule has 3 atom stereocenters. The second-order valence-electron chi connectivity index (χ2n) is 6.68. The maximum Gasteiger partial charge on any atom is 0.410 e. The highest BCUT2D eigenvalue weighted by atomic mass is 79.9. The fraction of sp³-hybridized carbons (Fsp3) is 0.400. The standard InChI is InChI=1S/C20H23BrN2O8/c1-11(24)22-16(19(27)29-3)15(21)18(31-12(2)25)17(26)14-9-23(14)20(28)30-10-13-7-5-4-6-8-13/h4-8,14,17-18,26H,9-10H2,1-3H3,(H,22,24)/b16-15+/t14-,17+,18+,23?/m0/s1. The Bertz CT molecular complexity index is 873. The van der Waals surface area contributed by atoms with Gasteiger partial charge in [-0.05, 0) is 21.5 Å². The van der Waals surface area contributed by atoms with Gasteiger partial charge in [0.1, 0.15) is 18.4 Å². The van der Waals surface area contributed by atoms with Gasteiger partial charge >= 0.3 is 18.0 Å². The zero-order valence-corrected chi connectivity index (χ0v) is 18.7. The van der Waals surface area contributed by atoms with Gasteiger partial charge in [0, 0.05) is 20.4 Å². The van der Waals surface area contributed by atoms with Crippen LogP contribution >= 0.6 is 15.9 Å². The van der Waals surface area contributed by atoms with Crippen LogP contribution in [0.1, 0.15) is 19.4 Å². The SMILES string of the molecule is COC(=O)/C(NC(C)=O)=C(\Br)[C@@H](OC(C)=O)[C@H](O)[C@@H]1CN1C(=O)OCc1ccccc1.